The number of anilines is 2. The number of benzene rings is 2. The molecular formula is C24H23N5O. The number of fused-ring (bicyclic) bond motifs is 2. The van der Waals surface area contributed by atoms with Gasteiger partial charge in [-0.05, 0) is 43.2 Å². The molecule has 2 aromatic carbocycles. The van der Waals surface area contributed by atoms with Crippen LogP contribution in [0, 0.1) is 11.3 Å². The molecule has 0 bridgehead atoms. The number of rotatable bonds is 2. The molecule has 0 aliphatic carbocycles. The molecule has 0 amide bonds. The number of hydrogen-bond donors (Lipinski definition) is 1. The average molecular weight is 397 g/mol. The Labute approximate surface area is 175 Å². The zero-order chi connectivity index (χ0) is 20.5. The fraction of sp³-hybridized carbons (Fsp3) is 0.292. The summed E-state index contributed by atoms with van der Waals surface area (Å²) >= 11 is 0. The Bertz CT molecular complexity index is 1170. The van der Waals surface area contributed by atoms with Gasteiger partial charge >= 0.3 is 0 Å². The number of morpholine rings is 1. The van der Waals surface area contributed by atoms with Crippen LogP contribution >= 0.6 is 0 Å². The van der Waals surface area contributed by atoms with Gasteiger partial charge in [0.05, 0.1) is 23.8 Å². The molecular weight excluding hydrogens is 374 g/mol. The van der Waals surface area contributed by atoms with E-state index in [1.807, 2.05) is 36.4 Å². The van der Waals surface area contributed by atoms with Crippen molar-refractivity contribution in [2.45, 2.75) is 25.5 Å². The Morgan fingerprint density at radius 3 is 2.93 bits per heavy atom. The number of hydrogen-bond acceptors (Lipinski definition) is 6. The smallest absolute Gasteiger partial charge is 0.130 e. The lowest BCUT2D eigenvalue weighted by Gasteiger charge is -2.40. The highest BCUT2D eigenvalue weighted by molar-refractivity contribution is 6.02. The van der Waals surface area contributed by atoms with Crippen LogP contribution in [0.4, 0.5) is 11.5 Å². The molecule has 2 atom stereocenters. The third kappa shape index (κ3) is 3.38. The fourth-order valence-corrected chi connectivity index (χ4v) is 4.19. The van der Waals surface area contributed by atoms with Crippen molar-refractivity contribution in [3.8, 4) is 6.07 Å². The van der Waals surface area contributed by atoms with Crippen molar-refractivity contribution < 1.29 is 4.74 Å². The van der Waals surface area contributed by atoms with E-state index in [0.29, 0.717) is 18.7 Å². The summed E-state index contributed by atoms with van der Waals surface area (Å²) in [4.78, 5) is 12.0. The molecule has 2 aliphatic rings. The molecule has 3 heterocycles. The largest absolute Gasteiger partial charge is 0.374 e. The van der Waals surface area contributed by atoms with Crippen molar-refractivity contribution in [1.29, 1.82) is 5.26 Å². The van der Waals surface area contributed by atoms with Gasteiger partial charge in [0.25, 0.3) is 0 Å². The number of nitrogens with one attached hydrogen (secondary N) is 1. The highest BCUT2D eigenvalue weighted by Crippen LogP contribution is 2.27. The van der Waals surface area contributed by atoms with Crippen LogP contribution < -0.4 is 10.2 Å². The number of ether oxygens (including phenoxy) is 1. The third-order valence-corrected chi connectivity index (χ3v) is 5.75. The first-order valence-electron chi connectivity index (χ1n) is 10.3. The monoisotopic (exact) mass is 397 g/mol. The van der Waals surface area contributed by atoms with Gasteiger partial charge < -0.3 is 15.0 Å². The molecule has 0 saturated carbocycles. The maximum atomic E-state index is 9.51. The number of nitriles is 1. The molecule has 2 aliphatic heterocycles. The molecule has 1 N–H and O–H groups in total. The van der Waals surface area contributed by atoms with Crippen molar-refractivity contribution in [3.05, 3.63) is 65.7 Å². The minimum absolute atomic E-state index is 0.0634. The molecule has 1 fully saturated rings. The molecule has 150 valence electrons. The van der Waals surface area contributed by atoms with Gasteiger partial charge in [0, 0.05) is 24.2 Å². The van der Waals surface area contributed by atoms with Crippen LogP contribution in [0.1, 0.15) is 18.1 Å². The molecule has 6 heteroatoms. The standard InChI is InChI=1S/C24H23N5O/c1-16-14-29(22-10-9-18-6-4-7-19(13-25)23(18)28-22)21(15-30-16)24-26-12-11-17-5-2-3-8-20(17)27-24/h2-10,16,21H,11-12,14-15H2,1H3,(H,26,27)/t16-,21?/m1/s1. The summed E-state index contributed by atoms with van der Waals surface area (Å²) in [6, 6.07) is 20.3. The van der Waals surface area contributed by atoms with Gasteiger partial charge in [-0.1, -0.05) is 30.3 Å². The van der Waals surface area contributed by atoms with Gasteiger partial charge in [-0.2, -0.15) is 5.26 Å². The van der Waals surface area contributed by atoms with Crippen LogP contribution in [-0.2, 0) is 11.2 Å². The number of nitrogens with zero attached hydrogens (tertiary/aromatic N) is 4. The van der Waals surface area contributed by atoms with E-state index < -0.39 is 0 Å². The number of pyridine rings is 1. The number of aliphatic imine (C=N–C) groups is 1. The average Bonchev–Trinajstić information content (AvgIpc) is 3.00. The lowest BCUT2D eigenvalue weighted by molar-refractivity contribution is 0.0428. The predicted octanol–water partition coefficient (Wildman–Crippen LogP) is 3.77. The van der Waals surface area contributed by atoms with Crippen molar-refractivity contribution in [1.82, 2.24) is 4.98 Å². The fourth-order valence-electron chi connectivity index (χ4n) is 4.19. The summed E-state index contributed by atoms with van der Waals surface area (Å²) in [5, 5.41) is 14.0. The van der Waals surface area contributed by atoms with Crippen LogP contribution in [0.2, 0.25) is 0 Å². The van der Waals surface area contributed by atoms with E-state index >= 15 is 0 Å². The van der Waals surface area contributed by atoms with Crippen molar-refractivity contribution in [2.24, 2.45) is 4.99 Å². The van der Waals surface area contributed by atoms with Gasteiger partial charge in [-0.3, -0.25) is 4.99 Å². The van der Waals surface area contributed by atoms with Crippen LogP contribution in [-0.4, -0.2) is 42.7 Å². The molecule has 0 spiro atoms. The predicted molar refractivity (Wildman–Crippen MR) is 119 cm³/mol. The lowest BCUT2D eigenvalue weighted by Crippen LogP contribution is -2.55. The van der Waals surface area contributed by atoms with Gasteiger partial charge in [0.2, 0.25) is 0 Å². The SMILES string of the molecule is C[C@@H]1CN(c2ccc3cccc(C#N)c3n2)C(C2=NCCc3ccccc3N2)CO1. The first kappa shape index (κ1) is 18.6. The second-order valence-corrected chi connectivity index (χ2v) is 7.77. The minimum atomic E-state index is -0.0634. The molecule has 5 rings (SSSR count). The van der Waals surface area contributed by atoms with Gasteiger partial charge in [0.1, 0.15) is 23.8 Å². The van der Waals surface area contributed by atoms with E-state index in [1.54, 1.807) is 0 Å². The van der Waals surface area contributed by atoms with E-state index in [0.717, 1.165) is 41.2 Å². The van der Waals surface area contributed by atoms with E-state index in [9.17, 15) is 5.26 Å². The molecule has 30 heavy (non-hydrogen) atoms. The van der Waals surface area contributed by atoms with Crippen LogP contribution in [0.25, 0.3) is 10.9 Å². The molecule has 3 aromatic rings. The zero-order valence-corrected chi connectivity index (χ0v) is 16.9. The van der Waals surface area contributed by atoms with Crippen LogP contribution in [0.3, 0.4) is 0 Å². The first-order chi connectivity index (χ1) is 14.7. The first-order valence-corrected chi connectivity index (χ1v) is 10.3. The Morgan fingerprint density at radius 2 is 2.03 bits per heavy atom. The summed E-state index contributed by atoms with van der Waals surface area (Å²) in [6.45, 7) is 4.06. The maximum absolute atomic E-state index is 9.51. The number of aromatic nitrogens is 1. The van der Waals surface area contributed by atoms with Crippen LogP contribution in [0.15, 0.2) is 59.6 Å². The van der Waals surface area contributed by atoms with Gasteiger partial charge in [0.15, 0.2) is 0 Å². The molecule has 6 nitrogen and oxygen atoms in total. The quantitative estimate of drug-likeness (QED) is 0.713. The molecule has 0 radical (unpaired) electrons. The van der Waals surface area contributed by atoms with Gasteiger partial charge in [-0.15, -0.1) is 0 Å². The summed E-state index contributed by atoms with van der Waals surface area (Å²) in [6.07, 6.45) is 1.000. The number of amidine groups is 1. The lowest BCUT2D eigenvalue weighted by atomic mass is 10.1. The summed E-state index contributed by atoms with van der Waals surface area (Å²) in [5.74, 6) is 1.75. The second kappa shape index (κ2) is 7.77. The number of para-hydroxylation sites is 2. The van der Waals surface area contributed by atoms with E-state index in [1.165, 1.54) is 5.56 Å². The Kier molecular flexibility index (Phi) is 4.82. The van der Waals surface area contributed by atoms with E-state index in [2.05, 4.69) is 41.4 Å². The van der Waals surface area contributed by atoms with Crippen molar-refractivity contribution in [2.75, 3.05) is 29.9 Å². The summed E-state index contributed by atoms with van der Waals surface area (Å²) in [5.41, 5.74) is 3.70. The zero-order valence-electron chi connectivity index (χ0n) is 16.9. The van der Waals surface area contributed by atoms with Crippen molar-refractivity contribution >= 4 is 28.2 Å². The highest BCUT2D eigenvalue weighted by Gasteiger charge is 2.32. The highest BCUT2D eigenvalue weighted by atomic mass is 16.5. The topological polar surface area (TPSA) is 73.5 Å². The van der Waals surface area contributed by atoms with E-state index in [4.69, 9.17) is 14.7 Å². The van der Waals surface area contributed by atoms with E-state index in [-0.39, 0.29) is 12.1 Å². The maximum Gasteiger partial charge on any atom is 0.130 e. The second-order valence-electron chi connectivity index (χ2n) is 7.77. The molecule has 1 aromatic heterocycles. The summed E-state index contributed by atoms with van der Waals surface area (Å²) in [7, 11) is 0. The third-order valence-electron chi connectivity index (χ3n) is 5.75. The Hall–Kier alpha value is -3.43. The van der Waals surface area contributed by atoms with Gasteiger partial charge in [-0.25, -0.2) is 4.98 Å². The van der Waals surface area contributed by atoms with Crippen molar-refractivity contribution in [3.63, 3.8) is 0 Å². The Morgan fingerprint density at radius 1 is 1.13 bits per heavy atom. The Balaban J connectivity index is 1.54. The molecule has 1 saturated heterocycles. The normalized spacial score (nSPS) is 21.2. The summed E-state index contributed by atoms with van der Waals surface area (Å²) < 4.78 is 6.01. The molecule has 1 unspecified atom stereocenters. The van der Waals surface area contributed by atoms with Crippen LogP contribution in [0.5, 0.6) is 0 Å². The minimum Gasteiger partial charge on any atom is -0.374 e.